The first-order valence-corrected chi connectivity index (χ1v) is 7.96. The number of aryl methyl sites for hydroxylation is 3. The Labute approximate surface area is 146 Å². The molecule has 2 aromatic carbocycles. The van der Waals surface area contributed by atoms with E-state index in [-0.39, 0.29) is 0 Å². The topological polar surface area (TPSA) is 62.7 Å². The van der Waals surface area contributed by atoms with Crippen LogP contribution in [0.25, 0.3) is 0 Å². The Bertz CT molecular complexity index is 856. The average molecular weight is 340 g/mol. The molecule has 1 aromatic heterocycles. The maximum Gasteiger partial charge on any atom is 0.249 e. The first-order chi connectivity index (χ1) is 11.5. The van der Waals surface area contributed by atoms with E-state index >= 15 is 0 Å². The van der Waals surface area contributed by atoms with Crippen molar-refractivity contribution in [2.24, 2.45) is 0 Å². The Morgan fingerprint density at radius 3 is 2.54 bits per heavy atom. The van der Waals surface area contributed by atoms with E-state index < -0.39 is 0 Å². The van der Waals surface area contributed by atoms with Gasteiger partial charge in [0.05, 0.1) is 16.9 Å². The Morgan fingerprint density at radius 2 is 1.79 bits per heavy atom. The van der Waals surface area contributed by atoms with Gasteiger partial charge in [0, 0.05) is 5.69 Å². The van der Waals surface area contributed by atoms with Crippen LogP contribution in [0.1, 0.15) is 16.7 Å². The molecule has 0 aliphatic heterocycles. The monoisotopic (exact) mass is 339 g/mol. The molecule has 0 atom stereocenters. The van der Waals surface area contributed by atoms with Crippen molar-refractivity contribution in [2.75, 3.05) is 10.6 Å². The number of aromatic nitrogens is 3. The SMILES string of the molecule is Cc1cccc(Nc2nncc(Nc3c(C)cc(C)cc3Cl)n2)c1. The van der Waals surface area contributed by atoms with Crippen LogP contribution in [-0.2, 0) is 0 Å². The zero-order valence-electron chi connectivity index (χ0n) is 13.8. The molecule has 0 saturated carbocycles. The van der Waals surface area contributed by atoms with Crippen molar-refractivity contribution in [1.82, 2.24) is 15.2 Å². The number of halogens is 1. The molecule has 6 heteroatoms. The lowest BCUT2D eigenvalue weighted by molar-refractivity contribution is 0.982. The molecular weight excluding hydrogens is 322 g/mol. The fraction of sp³-hybridized carbons (Fsp3) is 0.167. The van der Waals surface area contributed by atoms with Crippen LogP contribution in [-0.4, -0.2) is 15.2 Å². The van der Waals surface area contributed by atoms with Crippen LogP contribution < -0.4 is 10.6 Å². The van der Waals surface area contributed by atoms with Crippen LogP contribution in [0.4, 0.5) is 23.1 Å². The molecule has 1 heterocycles. The summed E-state index contributed by atoms with van der Waals surface area (Å²) in [6, 6.07) is 12.0. The highest BCUT2D eigenvalue weighted by Crippen LogP contribution is 2.29. The molecule has 24 heavy (non-hydrogen) atoms. The zero-order valence-corrected chi connectivity index (χ0v) is 14.5. The number of benzene rings is 2. The third kappa shape index (κ3) is 3.81. The summed E-state index contributed by atoms with van der Waals surface area (Å²) in [7, 11) is 0. The highest BCUT2D eigenvalue weighted by Gasteiger charge is 2.08. The van der Waals surface area contributed by atoms with Crippen LogP contribution in [0.5, 0.6) is 0 Å². The van der Waals surface area contributed by atoms with E-state index in [0.29, 0.717) is 16.8 Å². The van der Waals surface area contributed by atoms with E-state index in [1.54, 1.807) is 6.20 Å². The smallest absolute Gasteiger partial charge is 0.249 e. The fourth-order valence-electron chi connectivity index (χ4n) is 2.47. The first kappa shape index (κ1) is 16.2. The van der Waals surface area contributed by atoms with Crippen LogP contribution >= 0.6 is 11.6 Å². The number of anilines is 4. The summed E-state index contributed by atoms with van der Waals surface area (Å²) in [5.41, 5.74) is 5.06. The minimum Gasteiger partial charge on any atom is -0.337 e. The van der Waals surface area contributed by atoms with Crippen molar-refractivity contribution < 1.29 is 0 Å². The molecule has 0 bridgehead atoms. The Balaban J connectivity index is 1.83. The van der Waals surface area contributed by atoms with Gasteiger partial charge in [-0.25, -0.2) is 0 Å². The van der Waals surface area contributed by atoms with E-state index in [9.17, 15) is 0 Å². The second-order valence-electron chi connectivity index (χ2n) is 5.72. The number of nitrogens with zero attached hydrogens (tertiary/aromatic N) is 3. The molecule has 0 radical (unpaired) electrons. The van der Waals surface area contributed by atoms with Crippen molar-refractivity contribution >= 4 is 34.7 Å². The van der Waals surface area contributed by atoms with Gasteiger partial charge in [0.15, 0.2) is 5.82 Å². The molecule has 2 N–H and O–H groups in total. The van der Waals surface area contributed by atoms with Gasteiger partial charge in [-0.3, -0.25) is 0 Å². The predicted octanol–water partition coefficient (Wildman–Crippen LogP) is 4.94. The van der Waals surface area contributed by atoms with E-state index in [1.807, 2.05) is 51.1 Å². The van der Waals surface area contributed by atoms with Gasteiger partial charge < -0.3 is 10.6 Å². The molecule has 122 valence electrons. The number of hydrogen-bond donors (Lipinski definition) is 2. The van der Waals surface area contributed by atoms with Gasteiger partial charge in [-0.15, -0.1) is 5.10 Å². The summed E-state index contributed by atoms with van der Waals surface area (Å²) in [6.07, 6.45) is 1.57. The predicted molar refractivity (Wildman–Crippen MR) is 98.5 cm³/mol. The molecule has 0 aliphatic carbocycles. The number of nitrogens with one attached hydrogen (secondary N) is 2. The zero-order chi connectivity index (χ0) is 17.1. The van der Waals surface area contributed by atoms with Crippen LogP contribution in [0.3, 0.4) is 0 Å². The van der Waals surface area contributed by atoms with Gasteiger partial charge in [-0.05, 0) is 55.7 Å². The van der Waals surface area contributed by atoms with Crippen molar-refractivity contribution in [3.05, 3.63) is 64.3 Å². The normalized spacial score (nSPS) is 10.5. The van der Waals surface area contributed by atoms with E-state index in [1.165, 1.54) is 0 Å². The molecule has 3 rings (SSSR count). The molecule has 0 unspecified atom stereocenters. The van der Waals surface area contributed by atoms with Crippen molar-refractivity contribution in [3.63, 3.8) is 0 Å². The molecule has 0 amide bonds. The maximum absolute atomic E-state index is 6.33. The van der Waals surface area contributed by atoms with Gasteiger partial charge in [0.2, 0.25) is 5.95 Å². The van der Waals surface area contributed by atoms with Gasteiger partial charge in [-0.1, -0.05) is 29.8 Å². The van der Waals surface area contributed by atoms with Crippen molar-refractivity contribution in [1.29, 1.82) is 0 Å². The molecule has 3 aromatic rings. The lowest BCUT2D eigenvalue weighted by Crippen LogP contribution is -2.03. The molecule has 0 fully saturated rings. The van der Waals surface area contributed by atoms with E-state index in [2.05, 4.69) is 31.9 Å². The van der Waals surface area contributed by atoms with Gasteiger partial charge in [0.25, 0.3) is 0 Å². The minimum atomic E-state index is 0.423. The molecule has 0 aliphatic rings. The van der Waals surface area contributed by atoms with E-state index in [4.69, 9.17) is 11.6 Å². The second kappa shape index (κ2) is 6.84. The standard InChI is InChI=1S/C18H18ClN5/c1-11-5-4-6-14(8-11)21-18-23-16(10-20-24-18)22-17-13(3)7-12(2)9-15(17)19/h4-10H,1-3H3,(H2,21,22,23,24). The van der Waals surface area contributed by atoms with Gasteiger partial charge in [0.1, 0.15) is 0 Å². The summed E-state index contributed by atoms with van der Waals surface area (Å²) in [4.78, 5) is 4.44. The van der Waals surface area contributed by atoms with Crippen LogP contribution in [0.15, 0.2) is 42.6 Å². The largest absolute Gasteiger partial charge is 0.337 e. The lowest BCUT2D eigenvalue weighted by Gasteiger charge is -2.12. The molecule has 0 saturated heterocycles. The average Bonchev–Trinajstić information content (AvgIpc) is 2.51. The van der Waals surface area contributed by atoms with E-state index in [0.717, 1.165) is 28.1 Å². The third-order valence-corrected chi connectivity index (χ3v) is 3.82. The minimum absolute atomic E-state index is 0.423. The fourth-order valence-corrected chi connectivity index (χ4v) is 2.84. The second-order valence-corrected chi connectivity index (χ2v) is 6.13. The quantitative estimate of drug-likeness (QED) is 0.705. The first-order valence-electron chi connectivity index (χ1n) is 7.58. The summed E-state index contributed by atoms with van der Waals surface area (Å²) in [5.74, 6) is 1.00. The highest BCUT2D eigenvalue weighted by molar-refractivity contribution is 6.33. The van der Waals surface area contributed by atoms with Crippen molar-refractivity contribution in [2.45, 2.75) is 20.8 Å². The highest BCUT2D eigenvalue weighted by atomic mass is 35.5. The summed E-state index contributed by atoms with van der Waals surface area (Å²) >= 11 is 6.33. The van der Waals surface area contributed by atoms with Crippen LogP contribution in [0, 0.1) is 20.8 Å². The van der Waals surface area contributed by atoms with Gasteiger partial charge in [-0.2, -0.15) is 10.1 Å². The summed E-state index contributed by atoms with van der Waals surface area (Å²) in [6.45, 7) is 6.05. The number of hydrogen-bond acceptors (Lipinski definition) is 5. The number of rotatable bonds is 4. The Morgan fingerprint density at radius 1 is 0.958 bits per heavy atom. The summed E-state index contributed by atoms with van der Waals surface area (Å²) in [5, 5.41) is 15.0. The Hall–Kier alpha value is -2.66. The third-order valence-electron chi connectivity index (χ3n) is 3.52. The lowest BCUT2D eigenvalue weighted by atomic mass is 10.1. The summed E-state index contributed by atoms with van der Waals surface area (Å²) < 4.78 is 0. The Kier molecular flexibility index (Phi) is 4.62. The molecule has 0 spiro atoms. The van der Waals surface area contributed by atoms with Gasteiger partial charge >= 0.3 is 0 Å². The van der Waals surface area contributed by atoms with Crippen molar-refractivity contribution in [3.8, 4) is 0 Å². The van der Waals surface area contributed by atoms with Crippen LogP contribution in [0.2, 0.25) is 5.02 Å². The molecular formula is C18H18ClN5. The maximum atomic E-state index is 6.33. The molecule has 5 nitrogen and oxygen atoms in total.